The van der Waals surface area contributed by atoms with Gasteiger partial charge in [0.15, 0.2) is 0 Å². The monoisotopic (exact) mass is 400 g/mol. The summed E-state index contributed by atoms with van der Waals surface area (Å²) < 4.78 is 18.6. The van der Waals surface area contributed by atoms with Crippen molar-refractivity contribution in [1.82, 2.24) is 5.32 Å². The summed E-state index contributed by atoms with van der Waals surface area (Å²) in [5, 5.41) is 12.2. The first kappa shape index (κ1) is 20.8. The van der Waals surface area contributed by atoms with Crippen LogP contribution in [-0.4, -0.2) is 5.91 Å². The van der Waals surface area contributed by atoms with Gasteiger partial charge in [-0.05, 0) is 54.0 Å². The molecule has 1 atom stereocenters. The molecule has 0 unspecified atom stereocenters. The fourth-order valence-electron chi connectivity index (χ4n) is 2.82. The molecule has 0 heterocycles. The molecule has 0 radical (unpaired) electrons. The molecule has 0 aliphatic heterocycles. The lowest BCUT2D eigenvalue weighted by molar-refractivity contribution is -0.117. The van der Waals surface area contributed by atoms with E-state index in [1.165, 1.54) is 18.2 Å². The second kappa shape index (κ2) is 10.0. The van der Waals surface area contributed by atoms with Gasteiger partial charge in [0.1, 0.15) is 29.8 Å². The smallest absolute Gasteiger partial charge is 0.262 e. The lowest BCUT2D eigenvalue weighted by atomic mass is 10.1. The van der Waals surface area contributed by atoms with Gasteiger partial charge in [-0.1, -0.05) is 54.6 Å². The van der Waals surface area contributed by atoms with Gasteiger partial charge in [-0.15, -0.1) is 0 Å². The first-order valence-corrected chi connectivity index (χ1v) is 9.50. The zero-order chi connectivity index (χ0) is 21.3. The molecule has 0 fully saturated rings. The van der Waals surface area contributed by atoms with Crippen LogP contribution < -0.4 is 10.1 Å². The average Bonchev–Trinajstić information content (AvgIpc) is 2.78. The number of halogens is 1. The molecule has 1 N–H and O–H groups in total. The number of nitrogens with zero attached hydrogens (tertiary/aromatic N) is 1. The number of nitriles is 1. The van der Waals surface area contributed by atoms with Gasteiger partial charge < -0.3 is 10.1 Å². The Labute approximate surface area is 175 Å². The minimum absolute atomic E-state index is 0.0257. The van der Waals surface area contributed by atoms with Crippen LogP contribution in [0.4, 0.5) is 4.39 Å². The van der Waals surface area contributed by atoms with E-state index in [9.17, 15) is 14.4 Å². The third-order valence-corrected chi connectivity index (χ3v) is 4.52. The van der Waals surface area contributed by atoms with Gasteiger partial charge in [-0.25, -0.2) is 4.39 Å². The van der Waals surface area contributed by atoms with Crippen molar-refractivity contribution in [3.63, 3.8) is 0 Å². The summed E-state index contributed by atoms with van der Waals surface area (Å²) in [4.78, 5) is 12.5. The van der Waals surface area contributed by atoms with Gasteiger partial charge in [0.2, 0.25) is 0 Å². The summed E-state index contributed by atoms with van der Waals surface area (Å²) in [6, 6.07) is 24.5. The lowest BCUT2D eigenvalue weighted by Gasteiger charge is -2.13. The normalized spacial score (nSPS) is 12.0. The Morgan fingerprint density at radius 2 is 1.73 bits per heavy atom. The Hall–Kier alpha value is -3.91. The number of rotatable bonds is 7. The van der Waals surface area contributed by atoms with Gasteiger partial charge in [0, 0.05) is 0 Å². The summed E-state index contributed by atoms with van der Waals surface area (Å²) in [7, 11) is 0. The number of benzene rings is 3. The number of amides is 1. The van der Waals surface area contributed by atoms with Crippen molar-refractivity contribution in [2.24, 2.45) is 0 Å². The maximum atomic E-state index is 12.9. The average molecular weight is 400 g/mol. The summed E-state index contributed by atoms with van der Waals surface area (Å²) in [5.74, 6) is -0.0759. The zero-order valence-corrected chi connectivity index (χ0v) is 16.5. The fourth-order valence-corrected chi connectivity index (χ4v) is 2.82. The van der Waals surface area contributed by atoms with E-state index >= 15 is 0 Å². The maximum absolute atomic E-state index is 12.9. The maximum Gasteiger partial charge on any atom is 0.262 e. The third kappa shape index (κ3) is 5.79. The van der Waals surface area contributed by atoms with Crippen LogP contribution in [0.5, 0.6) is 5.75 Å². The highest BCUT2D eigenvalue weighted by Crippen LogP contribution is 2.17. The predicted octanol–water partition coefficient (Wildman–Crippen LogP) is 5.19. The van der Waals surface area contributed by atoms with E-state index in [2.05, 4.69) is 5.32 Å². The minimum atomic E-state index is -0.425. The van der Waals surface area contributed by atoms with Crippen molar-refractivity contribution in [3.05, 3.63) is 107 Å². The van der Waals surface area contributed by atoms with Crippen molar-refractivity contribution in [1.29, 1.82) is 5.26 Å². The molecule has 0 spiro atoms. The molecule has 0 aliphatic carbocycles. The summed E-state index contributed by atoms with van der Waals surface area (Å²) in [6.45, 7) is 2.19. The molecule has 3 aromatic carbocycles. The van der Waals surface area contributed by atoms with Crippen LogP contribution in [0.15, 0.2) is 84.4 Å². The molecule has 5 heteroatoms. The second-order valence-corrected chi connectivity index (χ2v) is 6.76. The van der Waals surface area contributed by atoms with Crippen LogP contribution in [0, 0.1) is 17.1 Å². The number of carbonyl (C=O) groups excluding carboxylic acids is 1. The van der Waals surface area contributed by atoms with Gasteiger partial charge in [0.25, 0.3) is 5.91 Å². The molecule has 3 rings (SSSR count). The fraction of sp³-hybridized carbons (Fsp3) is 0.120. The Morgan fingerprint density at radius 3 is 2.37 bits per heavy atom. The topological polar surface area (TPSA) is 62.1 Å². The predicted molar refractivity (Wildman–Crippen MR) is 114 cm³/mol. The largest absolute Gasteiger partial charge is 0.489 e. The minimum Gasteiger partial charge on any atom is -0.489 e. The van der Waals surface area contributed by atoms with E-state index < -0.39 is 5.91 Å². The molecule has 150 valence electrons. The molecule has 0 saturated carbocycles. The molecule has 4 nitrogen and oxygen atoms in total. The molecule has 0 saturated heterocycles. The van der Waals surface area contributed by atoms with Crippen molar-refractivity contribution >= 4 is 12.0 Å². The quantitative estimate of drug-likeness (QED) is 0.439. The summed E-state index contributed by atoms with van der Waals surface area (Å²) >= 11 is 0. The SMILES string of the molecule is C[C@H](NC(=O)/C(C#N)=C/c1ccc(OCc2ccc(F)cc2)cc1)c1ccccc1. The van der Waals surface area contributed by atoms with Crippen LogP contribution in [0.2, 0.25) is 0 Å². The molecular formula is C25H21FN2O2. The Morgan fingerprint density at radius 1 is 1.07 bits per heavy atom. The molecular weight excluding hydrogens is 379 g/mol. The van der Waals surface area contributed by atoms with Gasteiger partial charge >= 0.3 is 0 Å². The van der Waals surface area contributed by atoms with Gasteiger partial charge in [0.05, 0.1) is 6.04 Å². The van der Waals surface area contributed by atoms with Crippen molar-refractivity contribution < 1.29 is 13.9 Å². The first-order chi connectivity index (χ1) is 14.5. The molecule has 3 aromatic rings. The summed E-state index contributed by atoms with van der Waals surface area (Å²) in [5.41, 5.74) is 2.56. The van der Waals surface area contributed by atoms with Crippen molar-refractivity contribution in [2.45, 2.75) is 19.6 Å². The van der Waals surface area contributed by atoms with Gasteiger partial charge in [-0.3, -0.25) is 4.79 Å². The van der Waals surface area contributed by atoms with E-state index in [1.807, 2.05) is 43.3 Å². The molecule has 0 aromatic heterocycles. The van der Waals surface area contributed by atoms with E-state index in [-0.39, 0.29) is 17.4 Å². The summed E-state index contributed by atoms with van der Waals surface area (Å²) in [6.07, 6.45) is 1.54. The zero-order valence-electron chi connectivity index (χ0n) is 16.5. The Balaban J connectivity index is 1.61. The molecule has 0 bridgehead atoms. The van der Waals surface area contributed by atoms with Crippen LogP contribution in [-0.2, 0) is 11.4 Å². The number of hydrogen-bond acceptors (Lipinski definition) is 3. The van der Waals surface area contributed by atoms with E-state index in [0.29, 0.717) is 17.9 Å². The van der Waals surface area contributed by atoms with Crippen molar-refractivity contribution in [2.75, 3.05) is 0 Å². The molecule has 1 amide bonds. The van der Waals surface area contributed by atoms with E-state index in [1.54, 1.807) is 36.4 Å². The second-order valence-electron chi connectivity index (χ2n) is 6.76. The van der Waals surface area contributed by atoms with E-state index in [4.69, 9.17) is 4.74 Å². The van der Waals surface area contributed by atoms with Crippen LogP contribution in [0.3, 0.4) is 0 Å². The van der Waals surface area contributed by atoms with E-state index in [0.717, 1.165) is 11.1 Å². The Kier molecular flexibility index (Phi) is 6.96. The molecule has 30 heavy (non-hydrogen) atoms. The Bertz CT molecular complexity index is 1050. The van der Waals surface area contributed by atoms with Crippen LogP contribution in [0.1, 0.15) is 29.7 Å². The molecule has 0 aliphatic rings. The standard InChI is InChI=1S/C25H21FN2O2/c1-18(21-5-3-2-4-6-21)28-25(29)22(16-27)15-19-9-13-24(14-10-19)30-17-20-7-11-23(26)12-8-20/h2-15,18H,17H2,1H3,(H,28,29)/b22-15+/t18-/m0/s1. The van der Waals surface area contributed by atoms with Crippen LogP contribution in [0.25, 0.3) is 6.08 Å². The number of carbonyl (C=O) groups is 1. The highest BCUT2D eigenvalue weighted by atomic mass is 19.1. The number of nitrogens with one attached hydrogen (secondary N) is 1. The highest BCUT2D eigenvalue weighted by Gasteiger charge is 2.13. The third-order valence-electron chi connectivity index (χ3n) is 4.52. The first-order valence-electron chi connectivity index (χ1n) is 9.50. The lowest BCUT2D eigenvalue weighted by Crippen LogP contribution is -2.27. The van der Waals surface area contributed by atoms with Crippen molar-refractivity contribution in [3.8, 4) is 11.8 Å². The van der Waals surface area contributed by atoms with Gasteiger partial charge in [-0.2, -0.15) is 5.26 Å². The number of ether oxygens (including phenoxy) is 1. The number of hydrogen-bond donors (Lipinski definition) is 1. The highest BCUT2D eigenvalue weighted by molar-refractivity contribution is 6.01. The van der Waals surface area contributed by atoms with Crippen LogP contribution >= 0.6 is 0 Å².